The maximum Gasteiger partial charge on any atom is 0.332 e. The second kappa shape index (κ2) is 7.21. The second-order valence-corrected chi connectivity index (χ2v) is 4.95. The van der Waals surface area contributed by atoms with Crippen molar-refractivity contribution in [3.63, 3.8) is 0 Å². The van der Waals surface area contributed by atoms with E-state index in [1.165, 1.54) is 37.4 Å². The molecule has 106 valence electrons. The Hall–Kier alpha value is -1.46. The summed E-state index contributed by atoms with van der Waals surface area (Å²) in [5.41, 5.74) is 2.64. The summed E-state index contributed by atoms with van der Waals surface area (Å²) in [5, 5.41) is 15.8. The van der Waals surface area contributed by atoms with E-state index in [0.717, 1.165) is 0 Å². The summed E-state index contributed by atoms with van der Waals surface area (Å²) in [6.45, 7) is 4.52. The van der Waals surface area contributed by atoms with E-state index in [2.05, 4.69) is 29.9 Å². The summed E-state index contributed by atoms with van der Waals surface area (Å²) in [5.74, 6) is -1.19. The lowest BCUT2D eigenvalue weighted by atomic mass is 10.1. The first-order chi connectivity index (χ1) is 8.91. The van der Waals surface area contributed by atoms with E-state index in [0.29, 0.717) is 6.04 Å². The zero-order valence-electron chi connectivity index (χ0n) is 11.7. The fourth-order valence-electron chi connectivity index (χ4n) is 2.09. The number of nitrogens with zero attached hydrogens (tertiary/aromatic N) is 2. The predicted octanol–water partition coefficient (Wildman–Crippen LogP) is 1.61. The van der Waals surface area contributed by atoms with Gasteiger partial charge in [-0.1, -0.05) is 6.07 Å². The molecule has 1 aliphatic rings. The number of likely N-dealkylation sites (tertiary alicyclic amines) is 1. The topological polar surface area (TPSA) is 73.7 Å². The van der Waals surface area contributed by atoms with Crippen LogP contribution in [0.25, 0.3) is 0 Å². The summed E-state index contributed by atoms with van der Waals surface area (Å²) < 4.78 is 0. The quantitative estimate of drug-likeness (QED) is 0.850. The molecule has 0 amide bonds. The third kappa shape index (κ3) is 4.96. The molecule has 0 spiro atoms. The Labute approximate surface area is 113 Å². The molecule has 1 aromatic rings. The number of aromatic nitrogens is 1. The lowest BCUT2D eigenvalue weighted by molar-refractivity contribution is -0.145. The fourth-order valence-corrected chi connectivity index (χ4v) is 2.09. The van der Waals surface area contributed by atoms with Crippen molar-refractivity contribution in [1.82, 2.24) is 9.88 Å². The van der Waals surface area contributed by atoms with Crippen molar-refractivity contribution in [3.8, 4) is 0 Å². The molecule has 2 rings (SSSR count). The first kappa shape index (κ1) is 15.6. The number of rotatable bonds is 2. The lowest BCUT2D eigenvalue weighted by Crippen LogP contribution is -2.17. The number of aliphatic hydroxyl groups is 1. The first-order valence-corrected chi connectivity index (χ1v) is 6.44. The molecule has 0 aliphatic carbocycles. The smallest absolute Gasteiger partial charge is 0.332 e. The van der Waals surface area contributed by atoms with Gasteiger partial charge >= 0.3 is 5.97 Å². The summed E-state index contributed by atoms with van der Waals surface area (Å²) >= 11 is 0. The van der Waals surface area contributed by atoms with Gasteiger partial charge in [0.25, 0.3) is 0 Å². The fraction of sp³-hybridized carbons (Fsp3) is 0.571. The zero-order valence-corrected chi connectivity index (χ0v) is 11.7. The van der Waals surface area contributed by atoms with Gasteiger partial charge in [0.2, 0.25) is 0 Å². The highest BCUT2D eigenvalue weighted by Crippen LogP contribution is 2.29. The molecule has 1 aliphatic heterocycles. The number of hydrogen-bond donors (Lipinski definition) is 2. The standard InChI is InChI=1S/C11H16N2.C3H6O3/c1-9-6-10(8-12-7-9)11-4-3-5-13(11)2;1-2(4)3(5)6/h6-8,11H,3-5H2,1-2H3;2,4H,1H3,(H,5,6)/t11-;2-/m00/s1. The highest BCUT2D eigenvalue weighted by Gasteiger charge is 2.22. The van der Waals surface area contributed by atoms with Crippen LogP contribution in [0.15, 0.2) is 18.5 Å². The maximum atomic E-state index is 9.45. The number of hydrogen-bond acceptors (Lipinski definition) is 4. The number of carboxylic acid groups (broad SMARTS) is 1. The molecule has 0 aromatic carbocycles. The minimum absolute atomic E-state index is 0.604. The van der Waals surface area contributed by atoms with Crippen molar-refractivity contribution in [2.75, 3.05) is 13.6 Å². The highest BCUT2D eigenvalue weighted by molar-refractivity contribution is 5.71. The Kier molecular flexibility index (Phi) is 5.92. The van der Waals surface area contributed by atoms with Gasteiger partial charge in [-0.25, -0.2) is 4.79 Å². The van der Waals surface area contributed by atoms with E-state index in [1.807, 2.05) is 12.4 Å². The van der Waals surface area contributed by atoms with Crippen molar-refractivity contribution in [1.29, 1.82) is 0 Å². The lowest BCUT2D eigenvalue weighted by Gasteiger charge is -2.19. The average molecular weight is 266 g/mol. The first-order valence-electron chi connectivity index (χ1n) is 6.44. The highest BCUT2D eigenvalue weighted by atomic mass is 16.4. The molecular formula is C14H22N2O3. The normalized spacial score (nSPS) is 20.5. The zero-order chi connectivity index (χ0) is 14.4. The van der Waals surface area contributed by atoms with Crippen LogP contribution >= 0.6 is 0 Å². The number of aliphatic hydroxyl groups excluding tert-OH is 1. The van der Waals surface area contributed by atoms with Crippen LogP contribution in [0.1, 0.15) is 36.9 Å². The largest absolute Gasteiger partial charge is 0.479 e. The van der Waals surface area contributed by atoms with Crippen LogP contribution in [0.5, 0.6) is 0 Å². The Morgan fingerprint density at radius 2 is 2.16 bits per heavy atom. The number of carboxylic acids is 1. The van der Waals surface area contributed by atoms with Gasteiger partial charge < -0.3 is 10.2 Å². The molecule has 0 bridgehead atoms. The Bertz CT molecular complexity index is 421. The van der Waals surface area contributed by atoms with Gasteiger partial charge in [0.15, 0.2) is 0 Å². The van der Waals surface area contributed by atoms with Gasteiger partial charge in [-0.2, -0.15) is 0 Å². The van der Waals surface area contributed by atoms with Crippen LogP contribution < -0.4 is 0 Å². The van der Waals surface area contributed by atoms with E-state index in [9.17, 15) is 4.79 Å². The minimum Gasteiger partial charge on any atom is -0.479 e. The SMILES string of the molecule is C[C@H](O)C(=O)O.Cc1cncc([C@@H]2CCCN2C)c1. The second-order valence-electron chi connectivity index (χ2n) is 4.95. The van der Waals surface area contributed by atoms with Crippen LogP contribution in [0.4, 0.5) is 0 Å². The average Bonchev–Trinajstić information content (AvgIpc) is 2.76. The van der Waals surface area contributed by atoms with Crippen LogP contribution in [0, 0.1) is 6.92 Å². The number of carbonyl (C=O) groups is 1. The predicted molar refractivity (Wildman–Crippen MR) is 72.9 cm³/mol. The third-order valence-electron chi connectivity index (χ3n) is 3.16. The van der Waals surface area contributed by atoms with Crippen molar-refractivity contribution in [2.45, 2.75) is 38.8 Å². The molecule has 2 heterocycles. The van der Waals surface area contributed by atoms with Crippen LogP contribution in [-0.2, 0) is 4.79 Å². The van der Waals surface area contributed by atoms with E-state index in [4.69, 9.17) is 10.2 Å². The molecule has 1 saturated heterocycles. The van der Waals surface area contributed by atoms with E-state index in [-0.39, 0.29) is 0 Å². The molecule has 0 unspecified atom stereocenters. The van der Waals surface area contributed by atoms with Crippen LogP contribution in [0.2, 0.25) is 0 Å². The molecule has 0 saturated carbocycles. The molecule has 19 heavy (non-hydrogen) atoms. The Morgan fingerprint density at radius 1 is 1.53 bits per heavy atom. The van der Waals surface area contributed by atoms with Crippen molar-refractivity contribution in [3.05, 3.63) is 29.6 Å². The van der Waals surface area contributed by atoms with Crippen LogP contribution in [0.3, 0.4) is 0 Å². The van der Waals surface area contributed by atoms with Crippen LogP contribution in [-0.4, -0.2) is 45.8 Å². The molecular weight excluding hydrogens is 244 g/mol. The molecule has 2 atom stereocenters. The molecule has 1 aromatic heterocycles. The molecule has 5 nitrogen and oxygen atoms in total. The van der Waals surface area contributed by atoms with Gasteiger partial charge in [0.05, 0.1) is 0 Å². The molecule has 1 fully saturated rings. The van der Waals surface area contributed by atoms with Gasteiger partial charge in [-0.3, -0.25) is 9.88 Å². The minimum atomic E-state index is -1.23. The summed E-state index contributed by atoms with van der Waals surface area (Å²) in [6, 6.07) is 2.85. The number of pyridine rings is 1. The van der Waals surface area contributed by atoms with Gasteiger partial charge in [-0.05, 0) is 51.4 Å². The van der Waals surface area contributed by atoms with Gasteiger partial charge in [0.1, 0.15) is 6.10 Å². The van der Waals surface area contributed by atoms with Crippen molar-refractivity contribution >= 4 is 5.97 Å². The Balaban J connectivity index is 0.000000258. The van der Waals surface area contributed by atoms with E-state index in [1.54, 1.807) is 0 Å². The maximum absolute atomic E-state index is 9.45. The van der Waals surface area contributed by atoms with E-state index < -0.39 is 12.1 Å². The Morgan fingerprint density at radius 3 is 2.58 bits per heavy atom. The third-order valence-corrected chi connectivity index (χ3v) is 3.16. The number of aryl methyl sites for hydroxylation is 1. The molecule has 5 heteroatoms. The van der Waals surface area contributed by atoms with Crippen molar-refractivity contribution in [2.24, 2.45) is 0 Å². The summed E-state index contributed by atoms with van der Waals surface area (Å²) in [4.78, 5) is 16.1. The van der Waals surface area contributed by atoms with Gasteiger partial charge in [0, 0.05) is 18.4 Å². The van der Waals surface area contributed by atoms with E-state index >= 15 is 0 Å². The molecule has 2 N–H and O–H groups in total. The molecule has 0 radical (unpaired) electrons. The number of aliphatic carboxylic acids is 1. The summed E-state index contributed by atoms with van der Waals surface area (Å²) in [7, 11) is 2.19. The van der Waals surface area contributed by atoms with Gasteiger partial charge in [-0.15, -0.1) is 0 Å². The monoisotopic (exact) mass is 266 g/mol. The summed E-state index contributed by atoms with van der Waals surface area (Å²) in [6.07, 6.45) is 5.28. The van der Waals surface area contributed by atoms with Crippen molar-refractivity contribution < 1.29 is 15.0 Å².